The molecule has 0 amide bonds. The molecule has 2 rings (SSSR count). The zero-order chi connectivity index (χ0) is 14.0. The summed E-state index contributed by atoms with van der Waals surface area (Å²) in [6, 6.07) is 5.74. The Balaban J connectivity index is 2.32. The highest BCUT2D eigenvalue weighted by molar-refractivity contribution is 5.80. The molecule has 0 aliphatic carbocycles. The molecule has 104 valence electrons. The van der Waals surface area contributed by atoms with Crippen molar-refractivity contribution in [2.45, 2.75) is 12.5 Å². The lowest BCUT2D eigenvalue weighted by Crippen LogP contribution is -2.56. The van der Waals surface area contributed by atoms with E-state index in [2.05, 4.69) is 4.90 Å². The summed E-state index contributed by atoms with van der Waals surface area (Å²) in [5.41, 5.74) is -0.486. The van der Waals surface area contributed by atoms with E-state index < -0.39 is 11.5 Å². The van der Waals surface area contributed by atoms with Gasteiger partial charge >= 0.3 is 5.97 Å². The predicted molar refractivity (Wildman–Crippen MR) is 70.5 cm³/mol. The Bertz CT molecular complexity index is 455. The number of halogens is 1. The Hall–Kier alpha value is -1.46. The van der Waals surface area contributed by atoms with E-state index in [-0.39, 0.29) is 5.82 Å². The maximum Gasteiger partial charge on any atom is 0.328 e. The van der Waals surface area contributed by atoms with Crippen molar-refractivity contribution >= 4 is 5.97 Å². The minimum atomic E-state index is -1.10. The van der Waals surface area contributed by atoms with E-state index in [0.717, 1.165) is 13.1 Å². The third kappa shape index (κ3) is 2.62. The average Bonchev–Trinajstić information content (AvgIpc) is 2.39. The predicted octanol–water partition coefficient (Wildman–Crippen LogP) is 1.37. The molecule has 1 aromatic carbocycles. The van der Waals surface area contributed by atoms with Gasteiger partial charge < -0.3 is 10.0 Å². The molecule has 1 N–H and O–H groups in total. The van der Waals surface area contributed by atoms with Crippen LogP contribution in [-0.4, -0.2) is 54.1 Å². The molecule has 0 aromatic heterocycles. The van der Waals surface area contributed by atoms with Gasteiger partial charge in [0, 0.05) is 26.2 Å². The molecular weight excluding hydrogens is 247 g/mol. The van der Waals surface area contributed by atoms with Gasteiger partial charge in [-0.25, -0.2) is 9.18 Å². The zero-order valence-corrected chi connectivity index (χ0v) is 11.3. The summed E-state index contributed by atoms with van der Waals surface area (Å²) in [7, 11) is 2.02. The summed E-state index contributed by atoms with van der Waals surface area (Å²) in [6.07, 6.45) is 0. The minimum absolute atomic E-state index is 0.352. The zero-order valence-electron chi connectivity index (χ0n) is 11.3. The molecule has 0 bridgehead atoms. The van der Waals surface area contributed by atoms with E-state index in [4.69, 9.17) is 0 Å². The molecule has 19 heavy (non-hydrogen) atoms. The fourth-order valence-corrected chi connectivity index (χ4v) is 2.47. The van der Waals surface area contributed by atoms with E-state index in [1.807, 2.05) is 11.9 Å². The number of carbonyl (C=O) groups is 1. The Morgan fingerprint density at radius 2 is 1.74 bits per heavy atom. The van der Waals surface area contributed by atoms with Crippen LogP contribution in [0.5, 0.6) is 0 Å². The highest BCUT2D eigenvalue weighted by atomic mass is 19.1. The number of likely N-dealkylation sites (N-methyl/N-ethyl adjacent to an activating group) is 1. The van der Waals surface area contributed by atoms with Gasteiger partial charge in [-0.05, 0) is 31.7 Å². The van der Waals surface area contributed by atoms with Crippen molar-refractivity contribution in [2.24, 2.45) is 0 Å². The number of hydrogen-bond acceptors (Lipinski definition) is 3. The van der Waals surface area contributed by atoms with Gasteiger partial charge in [-0.15, -0.1) is 0 Å². The standard InChI is InChI=1S/C14H19FN2O2/c1-14(13(18)19,11-3-5-12(15)6-4-11)17-9-7-16(2)8-10-17/h3-6H,7-10H2,1-2H3,(H,18,19). The van der Waals surface area contributed by atoms with Crippen LogP contribution in [-0.2, 0) is 10.3 Å². The number of carboxylic acid groups (broad SMARTS) is 1. The molecular formula is C14H19FN2O2. The Morgan fingerprint density at radius 3 is 2.21 bits per heavy atom. The number of aliphatic carboxylic acids is 1. The van der Waals surface area contributed by atoms with Crippen molar-refractivity contribution < 1.29 is 14.3 Å². The molecule has 1 atom stereocenters. The molecule has 0 saturated carbocycles. The third-order valence-electron chi connectivity index (χ3n) is 3.96. The highest BCUT2D eigenvalue weighted by Crippen LogP contribution is 2.29. The summed E-state index contributed by atoms with van der Waals surface area (Å²) in [4.78, 5) is 15.9. The molecule has 1 heterocycles. The second-order valence-electron chi connectivity index (χ2n) is 5.17. The quantitative estimate of drug-likeness (QED) is 0.897. The molecule has 1 unspecified atom stereocenters. The van der Waals surface area contributed by atoms with Crippen LogP contribution in [0.2, 0.25) is 0 Å². The molecule has 1 aliphatic heterocycles. The lowest BCUT2D eigenvalue weighted by atomic mass is 9.89. The fraction of sp³-hybridized carbons (Fsp3) is 0.500. The van der Waals surface area contributed by atoms with E-state index in [0.29, 0.717) is 18.7 Å². The SMILES string of the molecule is CN1CCN(C(C)(C(=O)O)c2ccc(F)cc2)CC1. The molecule has 1 saturated heterocycles. The van der Waals surface area contributed by atoms with Gasteiger partial charge in [0.1, 0.15) is 11.4 Å². The highest BCUT2D eigenvalue weighted by Gasteiger charge is 2.42. The van der Waals surface area contributed by atoms with Crippen LogP contribution in [0, 0.1) is 5.82 Å². The topological polar surface area (TPSA) is 43.8 Å². The summed E-state index contributed by atoms with van der Waals surface area (Å²) >= 11 is 0. The van der Waals surface area contributed by atoms with E-state index >= 15 is 0 Å². The molecule has 1 aliphatic rings. The molecule has 0 radical (unpaired) electrons. The van der Waals surface area contributed by atoms with Gasteiger partial charge in [0.2, 0.25) is 0 Å². The second kappa shape index (κ2) is 5.27. The first-order valence-corrected chi connectivity index (χ1v) is 6.37. The Labute approximate surface area is 112 Å². The first-order chi connectivity index (χ1) is 8.94. The van der Waals surface area contributed by atoms with E-state index in [1.54, 1.807) is 19.1 Å². The van der Waals surface area contributed by atoms with Crippen molar-refractivity contribution in [3.05, 3.63) is 35.6 Å². The Morgan fingerprint density at radius 1 is 1.21 bits per heavy atom. The largest absolute Gasteiger partial charge is 0.480 e. The first-order valence-electron chi connectivity index (χ1n) is 6.37. The Kier molecular flexibility index (Phi) is 3.87. The van der Waals surface area contributed by atoms with Crippen molar-refractivity contribution in [1.82, 2.24) is 9.80 Å². The summed E-state index contributed by atoms with van der Waals surface area (Å²) in [5, 5.41) is 9.62. The van der Waals surface area contributed by atoms with Gasteiger partial charge in [-0.3, -0.25) is 4.90 Å². The summed E-state index contributed by atoms with van der Waals surface area (Å²) in [6.45, 7) is 4.75. The van der Waals surface area contributed by atoms with Gasteiger partial charge in [0.05, 0.1) is 0 Å². The van der Waals surface area contributed by atoms with E-state index in [1.165, 1.54) is 12.1 Å². The normalized spacial score (nSPS) is 21.0. The molecule has 1 aromatic rings. The van der Waals surface area contributed by atoms with Crippen molar-refractivity contribution in [2.75, 3.05) is 33.2 Å². The number of carboxylic acids is 1. The van der Waals surface area contributed by atoms with Crippen LogP contribution in [0.1, 0.15) is 12.5 Å². The number of rotatable bonds is 3. The monoisotopic (exact) mass is 266 g/mol. The lowest BCUT2D eigenvalue weighted by molar-refractivity contribution is -0.152. The van der Waals surface area contributed by atoms with Gasteiger partial charge in [0.15, 0.2) is 0 Å². The van der Waals surface area contributed by atoms with Crippen LogP contribution < -0.4 is 0 Å². The van der Waals surface area contributed by atoms with Crippen molar-refractivity contribution in [3.8, 4) is 0 Å². The van der Waals surface area contributed by atoms with Crippen LogP contribution in [0.15, 0.2) is 24.3 Å². The third-order valence-corrected chi connectivity index (χ3v) is 3.96. The number of nitrogens with zero attached hydrogens (tertiary/aromatic N) is 2. The lowest BCUT2D eigenvalue weighted by Gasteiger charge is -2.42. The maximum atomic E-state index is 13.0. The molecule has 5 heteroatoms. The maximum absolute atomic E-state index is 13.0. The fourth-order valence-electron chi connectivity index (χ4n) is 2.47. The average molecular weight is 266 g/mol. The molecule has 4 nitrogen and oxygen atoms in total. The van der Waals surface area contributed by atoms with E-state index in [9.17, 15) is 14.3 Å². The summed E-state index contributed by atoms with van der Waals surface area (Å²) < 4.78 is 13.0. The smallest absolute Gasteiger partial charge is 0.328 e. The summed E-state index contributed by atoms with van der Waals surface area (Å²) in [5.74, 6) is -1.25. The second-order valence-corrected chi connectivity index (χ2v) is 5.17. The molecule has 0 spiro atoms. The van der Waals surface area contributed by atoms with Gasteiger partial charge in [-0.2, -0.15) is 0 Å². The number of piperazine rings is 1. The van der Waals surface area contributed by atoms with Gasteiger partial charge in [0.25, 0.3) is 0 Å². The van der Waals surface area contributed by atoms with Crippen LogP contribution in [0.3, 0.4) is 0 Å². The number of hydrogen-bond donors (Lipinski definition) is 1. The minimum Gasteiger partial charge on any atom is -0.480 e. The van der Waals surface area contributed by atoms with Gasteiger partial charge in [-0.1, -0.05) is 12.1 Å². The van der Waals surface area contributed by atoms with Crippen LogP contribution in [0.25, 0.3) is 0 Å². The van der Waals surface area contributed by atoms with Crippen LogP contribution >= 0.6 is 0 Å². The first kappa shape index (κ1) is 14.0. The van der Waals surface area contributed by atoms with Crippen molar-refractivity contribution in [3.63, 3.8) is 0 Å². The number of benzene rings is 1. The van der Waals surface area contributed by atoms with Crippen LogP contribution in [0.4, 0.5) is 4.39 Å². The van der Waals surface area contributed by atoms with Crippen molar-refractivity contribution in [1.29, 1.82) is 0 Å². The molecule has 1 fully saturated rings.